The molecule has 0 saturated heterocycles. The number of amides is 1. The Kier molecular flexibility index (Phi) is 7.03. The van der Waals surface area contributed by atoms with Gasteiger partial charge in [-0.2, -0.15) is 5.10 Å². The van der Waals surface area contributed by atoms with Crippen molar-refractivity contribution in [2.24, 2.45) is 5.10 Å². The van der Waals surface area contributed by atoms with Gasteiger partial charge in [0, 0.05) is 55.7 Å². The van der Waals surface area contributed by atoms with Gasteiger partial charge >= 0.3 is 0 Å². The molecule has 2 aliphatic heterocycles. The zero-order chi connectivity index (χ0) is 21.0. The highest BCUT2D eigenvalue weighted by atomic mass is 79.9. The SMILES string of the molecule is C/C(=C\c1c(Br)ccnc1C)CN1CC=C(C2C=CC(C(=O)N(C)C)=NN2)CC1. The number of nitrogens with one attached hydrogen (secondary N) is 1. The summed E-state index contributed by atoms with van der Waals surface area (Å²) < 4.78 is 1.08. The summed E-state index contributed by atoms with van der Waals surface area (Å²) in [6, 6.07) is 2.05. The highest BCUT2D eigenvalue weighted by molar-refractivity contribution is 9.10. The molecule has 0 saturated carbocycles. The number of aromatic nitrogens is 1. The molecule has 1 unspecified atom stereocenters. The van der Waals surface area contributed by atoms with Gasteiger partial charge in [-0.25, -0.2) is 0 Å². The van der Waals surface area contributed by atoms with Gasteiger partial charge in [-0.05, 0) is 38.0 Å². The average molecular weight is 458 g/mol. The minimum atomic E-state index is -0.0891. The van der Waals surface area contributed by atoms with Crippen molar-refractivity contribution in [1.29, 1.82) is 0 Å². The maximum atomic E-state index is 12.0. The van der Waals surface area contributed by atoms with Crippen LogP contribution in [0.5, 0.6) is 0 Å². The van der Waals surface area contributed by atoms with E-state index in [9.17, 15) is 4.79 Å². The zero-order valence-corrected chi connectivity index (χ0v) is 19.0. The lowest BCUT2D eigenvalue weighted by Crippen LogP contribution is -2.38. The first-order chi connectivity index (χ1) is 13.8. The molecule has 0 aromatic carbocycles. The molecule has 0 aliphatic carbocycles. The predicted octanol–water partition coefficient (Wildman–Crippen LogP) is 3.16. The molecular formula is C22H28BrN5O. The third kappa shape index (κ3) is 5.42. The van der Waals surface area contributed by atoms with E-state index in [1.165, 1.54) is 16.0 Å². The number of carbonyl (C=O) groups is 1. The van der Waals surface area contributed by atoms with Gasteiger partial charge in [0.2, 0.25) is 0 Å². The van der Waals surface area contributed by atoms with Crippen LogP contribution in [0.2, 0.25) is 0 Å². The summed E-state index contributed by atoms with van der Waals surface area (Å²) in [7, 11) is 3.46. The van der Waals surface area contributed by atoms with Crippen LogP contribution in [-0.4, -0.2) is 66.2 Å². The summed E-state index contributed by atoms with van der Waals surface area (Å²) >= 11 is 3.62. The van der Waals surface area contributed by atoms with E-state index in [0.717, 1.165) is 41.8 Å². The average Bonchev–Trinajstić information content (AvgIpc) is 2.71. The molecule has 7 heteroatoms. The van der Waals surface area contributed by atoms with Crippen molar-refractivity contribution in [2.75, 3.05) is 33.7 Å². The monoisotopic (exact) mass is 457 g/mol. The maximum absolute atomic E-state index is 12.0. The van der Waals surface area contributed by atoms with Gasteiger partial charge in [0.1, 0.15) is 5.71 Å². The Morgan fingerprint density at radius 3 is 2.83 bits per heavy atom. The summed E-state index contributed by atoms with van der Waals surface area (Å²) in [5.74, 6) is -0.0891. The molecule has 2 aliphatic rings. The van der Waals surface area contributed by atoms with Crippen LogP contribution in [0.25, 0.3) is 6.08 Å². The van der Waals surface area contributed by atoms with Gasteiger partial charge < -0.3 is 4.90 Å². The van der Waals surface area contributed by atoms with Gasteiger partial charge in [0.25, 0.3) is 5.91 Å². The third-order valence-corrected chi connectivity index (χ3v) is 5.82. The quantitative estimate of drug-likeness (QED) is 0.689. The van der Waals surface area contributed by atoms with E-state index in [-0.39, 0.29) is 11.9 Å². The lowest BCUT2D eigenvalue weighted by Gasteiger charge is -2.30. The summed E-state index contributed by atoms with van der Waals surface area (Å²) in [5.41, 5.74) is 8.38. The van der Waals surface area contributed by atoms with Crippen LogP contribution in [0.4, 0.5) is 0 Å². The second kappa shape index (κ2) is 9.50. The molecule has 1 amide bonds. The molecule has 29 heavy (non-hydrogen) atoms. The van der Waals surface area contributed by atoms with Crippen LogP contribution in [0.3, 0.4) is 0 Å². The van der Waals surface area contributed by atoms with E-state index in [1.807, 2.05) is 31.3 Å². The Morgan fingerprint density at radius 1 is 1.45 bits per heavy atom. The van der Waals surface area contributed by atoms with Crippen molar-refractivity contribution in [3.05, 3.63) is 57.4 Å². The number of rotatable bonds is 5. The van der Waals surface area contributed by atoms with Gasteiger partial charge in [-0.3, -0.25) is 20.1 Å². The number of hydrogen-bond acceptors (Lipinski definition) is 5. The van der Waals surface area contributed by atoms with E-state index in [0.29, 0.717) is 5.71 Å². The van der Waals surface area contributed by atoms with E-state index >= 15 is 0 Å². The van der Waals surface area contributed by atoms with Gasteiger partial charge in [0.05, 0.1) is 6.04 Å². The molecule has 0 spiro atoms. The molecule has 6 nitrogen and oxygen atoms in total. The molecular weight excluding hydrogens is 430 g/mol. The normalized spacial score (nSPS) is 20.0. The Labute approximate surface area is 181 Å². The maximum Gasteiger partial charge on any atom is 0.273 e. The third-order valence-electron chi connectivity index (χ3n) is 5.12. The van der Waals surface area contributed by atoms with Crippen molar-refractivity contribution in [3.8, 4) is 0 Å². The fraction of sp³-hybridized carbons (Fsp3) is 0.409. The molecule has 3 heterocycles. The van der Waals surface area contributed by atoms with Crippen LogP contribution >= 0.6 is 15.9 Å². The number of aryl methyl sites for hydroxylation is 1. The van der Waals surface area contributed by atoms with E-state index in [1.54, 1.807) is 14.1 Å². The lowest BCUT2D eigenvalue weighted by molar-refractivity contribution is -0.121. The van der Waals surface area contributed by atoms with Gasteiger partial charge in [-0.15, -0.1) is 0 Å². The Hall–Kier alpha value is -2.25. The number of pyridine rings is 1. The second-order valence-corrected chi connectivity index (χ2v) is 8.56. The summed E-state index contributed by atoms with van der Waals surface area (Å²) in [4.78, 5) is 20.3. The molecule has 1 aromatic heterocycles. The highest BCUT2D eigenvalue weighted by Gasteiger charge is 2.21. The summed E-state index contributed by atoms with van der Waals surface area (Å²) in [6.07, 6.45) is 11.1. The number of carbonyl (C=O) groups excluding carboxylic acids is 1. The van der Waals surface area contributed by atoms with E-state index in [2.05, 4.69) is 55.4 Å². The predicted molar refractivity (Wildman–Crippen MR) is 122 cm³/mol. The van der Waals surface area contributed by atoms with Crippen molar-refractivity contribution in [1.82, 2.24) is 20.2 Å². The lowest BCUT2D eigenvalue weighted by atomic mass is 9.98. The zero-order valence-electron chi connectivity index (χ0n) is 17.4. The number of nitrogens with zero attached hydrogens (tertiary/aromatic N) is 4. The molecule has 3 rings (SSSR count). The molecule has 1 N–H and O–H groups in total. The minimum Gasteiger partial charge on any atom is -0.343 e. The van der Waals surface area contributed by atoms with Crippen molar-refractivity contribution < 1.29 is 4.79 Å². The van der Waals surface area contributed by atoms with Crippen LogP contribution in [-0.2, 0) is 4.79 Å². The van der Waals surface area contributed by atoms with E-state index in [4.69, 9.17) is 0 Å². The summed E-state index contributed by atoms with van der Waals surface area (Å²) in [5, 5.41) is 4.25. The van der Waals surface area contributed by atoms with Gasteiger partial charge in [-0.1, -0.05) is 39.7 Å². The molecule has 1 aromatic rings. The van der Waals surface area contributed by atoms with Crippen LogP contribution in [0, 0.1) is 6.92 Å². The van der Waals surface area contributed by atoms with Crippen LogP contribution in [0.1, 0.15) is 24.6 Å². The Bertz CT molecular complexity index is 880. The van der Waals surface area contributed by atoms with Crippen molar-refractivity contribution in [3.63, 3.8) is 0 Å². The number of hydrazone groups is 1. The molecule has 0 bridgehead atoms. The fourth-order valence-electron chi connectivity index (χ4n) is 3.48. The van der Waals surface area contributed by atoms with Crippen molar-refractivity contribution in [2.45, 2.75) is 26.3 Å². The topological polar surface area (TPSA) is 60.8 Å². The molecule has 0 fully saturated rings. The van der Waals surface area contributed by atoms with Crippen LogP contribution in [0.15, 0.2) is 51.2 Å². The minimum absolute atomic E-state index is 0.0708. The number of hydrogen-bond donors (Lipinski definition) is 1. The summed E-state index contributed by atoms with van der Waals surface area (Å²) in [6.45, 7) is 7.04. The van der Waals surface area contributed by atoms with Gasteiger partial charge in [0.15, 0.2) is 0 Å². The molecule has 154 valence electrons. The first-order valence-electron chi connectivity index (χ1n) is 9.77. The van der Waals surface area contributed by atoms with E-state index < -0.39 is 0 Å². The first-order valence-corrected chi connectivity index (χ1v) is 10.6. The largest absolute Gasteiger partial charge is 0.343 e. The Morgan fingerprint density at radius 2 is 2.24 bits per heavy atom. The fourth-order valence-corrected chi connectivity index (χ4v) is 4.00. The first kappa shape index (κ1) is 21.5. The second-order valence-electron chi connectivity index (χ2n) is 7.71. The highest BCUT2D eigenvalue weighted by Crippen LogP contribution is 2.23. The Balaban J connectivity index is 1.57. The smallest absolute Gasteiger partial charge is 0.273 e. The standard InChI is InChI=1S/C22H28BrN5O/c1-15(13-18-16(2)24-10-7-19(18)23)14-28-11-8-17(9-12-28)20-5-6-21(26-25-20)22(29)27(3)4/h5-8,10,13,20,25H,9,11-12,14H2,1-4H3/b15-13+. The molecule has 0 radical (unpaired) electrons. The molecule has 1 atom stereocenters. The number of halogens is 1. The van der Waals surface area contributed by atoms with Crippen molar-refractivity contribution >= 4 is 33.6 Å². The van der Waals surface area contributed by atoms with Crippen LogP contribution < -0.4 is 5.43 Å².